The molecule has 32 heavy (non-hydrogen) atoms. The average molecular weight is 436 g/mol. The lowest BCUT2D eigenvalue weighted by Gasteiger charge is -2.31. The quantitative estimate of drug-likeness (QED) is 0.795. The second kappa shape index (κ2) is 8.82. The van der Waals surface area contributed by atoms with Crippen LogP contribution in [0, 0.1) is 0 Å². The standard InChI is InChI=1S/C25H29N3O4/c1-17-14-24(29)26-19-6-2-3-7-21(19)28(17)25(30)16-27-11-4-8-20(27)18-9-10-22-23(15-18)32-13-5-12-31-22/h2-3,6-7,9-10,15,17,20H,4-5,8,11-14,16H2,1H3,(H,26,29)/t17-,20-/m0/s1. The molecule has 0 bridgehead atoms. The van der Waals surface area contributed by atoms with E-state index >= 15 is 0 Å². The summed E-state index contributed by atoms with van der Waals surface area (Å²) in [6.07, 6.45) is 3.20. The minimum atomic E-state index is -0.203. The van der Waals surface area contributed by atoms with Crippen molar-refractivity contribution in [3.63, 3.8) is 0 Å². The zero-order valence-corrected chi connectivity index (χ0v) is 18.4. The molecule has 0 aromatic heterocycles. The van der Waals surface area contributed by atoms with Gasteiger partial charge in [-0.25, -0.2) is 0 Å². The fourth-order valence-corrected chi connectivity index (χ4v) is 5.00. The normalized spacial score (nSPS) is 23.2. The number of rotatable bonds is 3. The molecule has 7 heteroatoms. The number of carbonyl (C=O) groups is 2. The maximum Gasteiger partial charge on any atom is 0.241 e. The predicted molar refractivity (Wildman–Crippen MR) is 122 cm³/mol. The van der Waals surface area contributed by atoms with E-state index in [1.165, 1.54) is 0 Å². The smallest absolute Gasteiger partial charge is 0.241 e. The van der Waals surface area contributed by atoms with Crippen LogP contribution in [0.2, 0.25) is 0 Å². The molecule has 0 saturated carbocycles. The molecule has 0 unspecified atom stereocenters. The van der Waals surface area contributed by atoms with E-state index in [1.807, 2.05) is 37.3 Å². The number of nitrogens with one attached hydrogen (secondary N) is 1. The van der Waals surface area contributed by atoms with Gasteiger partial charge in [-0.05, 0) is 56.1 Å². The largest absolute Gasteiger partial charge is 0.490 e. The number of anilines is 2. The summed E-state index contributed by atoms with van der Waals surface area (Å²) in [4.78, 5) is 29.8. The first-order valence-corrected chi connectivity index (χ1v) is 11.4. The van der Waals surface area contributed by atoms with Crippen LogP contribution in [-0.2, 0) is 9.59 Å². The number of amides is 2. The first kappa shape index (κ1) is 20.8. The van der Waals surface area contributed by atoms with Crippen molar-refractivity contribution in [2.24, 2.45) is 0 Å². The van der Waals surface area contributed by atoms with Crippen LogP contribution in [0.3, 0.4) is 0 Å². The minimum Gasteiger partial charge on any atom is -0.490 e. The molecular weight excluding hydrogens is 406 g/mol. The van der Waals surface area contributed by atoms with Gasteiger partial charge in [0, 0.05) is 24.9 Å². The number of fused-ring (bicyclic) bond motifs is 2. The van der Waals surface area contributed by atoms with Gasteiger partial charge in [0.2, 0.25) is 11.8 Å². The van der Waals surface area contributed by atoms with E-state index in [4.69, 9.17) is 9.47 Å². The van der Waals surface area contributed by atoms with E-state index in [-0.39, 0.29) is 30.3 Å². The molecule has 3 heterocycles. The van der Waals surface area contributed by atoms with Crippen LogP contribution in [0.1, 0.15) is 44.2 Å². The summed E-state index contributed by atoms with van der Waals surface area (Å²) in [6.45, 7) is 4.44. The molecule has 1 N–H and O–H groups in total. The molecule has 7 nitrogen and oxygen atoms in total. The van der Waals surface area contributed by atoms with Gasteiger partial charge in [-0.2, -0.15) is 0 Å². The molecule has 2 atom stereocenters. The molecule has 1 fully saturated rings. The molecule has 0 spiro atoms. The lowest BCUT2D eigenvalue weighted by Crippen LogP contribution is -2.45. The van der Waals surface area contributed by atoms with Crippen molar-refractivity contribution < 1.29 is 19.1 Å². The summed E-state index contributed by atoms with van der Waals surface area (Å²) in [5, 5.41) is 2.93. The molecule has 3 aliphatic heterocycles. The Morgan fingerprint density at radius 3 is 2.78 bits per heavy atom. The van der Waals surface area contributed by atoms with E-state index in [1.54, 1.807) is 4.90 Å². The number of benzene rings is 2. The first-order chi connectivity index (χ1) is 15.6. The highest BCUT2D eigenvalue weighted by atomic mass is 16.5. The molecule has 2 amide bonds. The van der Waals surface area contributed by atoms with Crippen molar-refractivity contribution >= 4 is 23.2 Å². The lowest BCUT2D eigenvalue weighted by atomic mass is 10.0. The van der Waals surface area contributed by atoms with Gasteiger partial charge in [-0.3, -0.25) is 14.5 Å². The summed E-state index contributed by atoms with van der Waals surface area (Å²) in [5.74, 6) is 1.53. The van der Waals surface area contributed by atoms with Crippen LogP contribution in [0.15, 0.2) is 42.5 Å². The molecule has 3 aliphatic rings. The highest BCUT2D eigenvalue weighted by Gasteiger charge is 2.34. The number of likely N-dealkylation sites (tertiary alicyclic amines) is 1. The number of hydrogen-bond acceptors (Lipinski definition) is 5. The van der Waals surface area contributed by atoms with Crippen molar-refractivity contribution in [2.45, 2.75) is 44.7 Å². The highest BCUT2D eigenvalue weighted by Crippen LogP contribution is 2.38. The van der Waals surface area contributed by atoms with E-state index in [0.29, 0.717) is 25.4 Å². The highest BCUT2D eigenvalue weighted by molar-refractivity contribution is 6.04. The zero-order chi connectivity index (χ0) is 22.1. The van der Waals surface area contributed by atoms with Crippen molar-refractivity contribution in [1.29, 1.82) is 0 Å². The number of carbonyl (C=O) groups excluding carboxylic acids is 2. The van der Waals surface area contributed by atoms with Crippen LogP contribution < -0.4 is 19.7 Å². The summed E-state index contributed by atoms with van der Waals surface area (Å²) in [7, 11) is 0. The Morgan fingerprint density at radius 2 is 1.91 bits per heavy atom. The fraction of sp³-hybridized carbons (Fsp3) is 0.440. The van der Waals surface area contributed by atoms with Crippen molar-refractivity contribution in [1.82, 2.24) is 4.90 Å². The van der Waals surface area contributed by atoms with Crippen molar-refractivity contribution in [2.75, 3.05) is 36.5 Å². The Morgan fingerprint density at radius 1 is 1.09 bits per heavy atom. The maximum absolute atomic E-state index is 13.5. The first-order valence-electron chi connectivity index (χ1n) is 11.4. The van der Waals surface area contributed by atoms with E-state index < -0.39 is 0 Å². The van der Waals surface area contributed by atoms with Gasteiger partial charge in [0.15, 0.2) is 11.5 Å². The van der Waals surface area contributed by atoms with Crippen LogP contribution in [0.5, 0.6) is 11.5 Å². The van der Waals surface area contributed by atoms with Gasteiger partial charge >= 0.3 is 0 Å². The predicted octanol–water partition coefficient (Wildman–Crippen LogP) is 3.75. The van der Waals surface area contributed by atoms with E-state index in [0.717, 1.165) is 48.6 Å². The Balaban J connectivity index is 1.37. The molecule has 2 aromatic carbocycles. The van der Waals surface area contributed by atoms with Crippen molar-refractivity contribution in [3.8, 4) is 11.5 Å². The maximum atomic E-state index is 13.5. The molecule has 5 rings (SSSR count). The van der Waals surface area contributed by atoms with Crippen LogP contribution in [0.25, 0.3) is 0 Å². The minimum absolute atomic E-state index is 0.0164. The second-order valence-electron chi connectivity index (χ2n) is 8.77. The van der Waals surface area contributed by atoms with Gasteiger partial charge in [0.05, 0.1) is 31.1 Å². The summed E-state index contributed by atoms with van der Waals surface area (Å²) < 4.78 is 11.6. The fourth-order valence-electron chi connectivity index (χ4n) is 5.00. The molecule has 0 aliphatic carbocycles. The number of para-hydroxylation sites is 2. The zero-order valence-electron chi connectivity index (χ0n) is 18.4. The Labute approximate surface area is 188 Å². The topological polar surface area (TPSA) is 71.1 Å². The molecule has 168 valence electrons. The monoisotopic (exact) mass is 435 g/mol. The molecular formula is C25H29N3O4. The van der Waals surface area contributed by atoms with Gasteiger partial charge in [0.1, 0.15) is 0 Å². The van der Waals surface area contributed by atoms with E-state index in [9.17, 15) is 9.59 Å². The van der Waals surface area contributed by atoms with Gasteiger partial charge in [-0.15, -0.1) is 0 Å². The summed E-state index contributed by atoms with van der Waals surface area (Å²) in [5.41, 5.74) is 2.61. The number of nitrogens with zero attached hydrogens (tertiary/aromatic N) is 2. The van der Waals surface area contributed by atoms with E-state index in [2.05, 4.69) is 22.3 Å². The average Bonchev–Trinajstić information content (AvgIpc) is 3.03. The molecule has 2 aromatic rings. The van der Waals surface area contributed by atoms with Crippen molar-refractivity contribution in [3.05, 3.63) is 48.0 Å². The summed E-state index contributed by atoms with van der Waals surface area (Å²) in [6, 6.07) is 13.6. The SMILES string of the molecule is C[C@H]1CC(=O)Nc2ccccc2N1C(=O)CN1CCC[C@H]1c1ccc2c(c1)OCCCO2. The third-order valence-corrected chi connectivity index (χ3v) is 6.49. The van der Waals surface area contributed by atoms with Gasteiger partial charge in [0.25, 0.3) is 0 Å². The van der Waals surface area contributed by atoms with Crippen LogP contribution >= 0.6 is 0 Å². The Kier molecular flexibility index (Phi) is 5.74. The second-order valence-corrected chi connectivity index (χ2v) is 8.77. The third kappa shape index (κ3) is 4.05. The molecule has 1 saturated heterocycles. The van der Waals surface area contributed by atoms with Crippen LogP contribution in [-0.4, -0.2) is 49.1 Å². The number of hydrogen-bond donors (Lipinski definition) is 1. The van der Waals surface area contributed by atoms with Gasteiger partial charge < -0.3 is 19.7 Å². The lowest BCUT2D eigenvalue weighted by molar-refractivity contribution is -0.120. The van der Waals surface area contributed by atoms with Gasteiger partial charge in [-0.1, -0.05) is 18.2 Å². The Hall–Kier alpha value is -3.06. The Bertz CT molecular complexity index is 1020. The third-order valence-electron chi connectivity index (χ3n) is 6.49. The molecule has 0 radical (unpaired) electrons. The number of ether oxygens (including phenoxy) is 2. The van der Waals surface area contributed by atoms with Crippen LogP contribution in [0.4, 0.5) is 11.4 Å². The summed E-state index contributed by atoms with van der Waals surface area (Å²) >= 11 is 0.